The van der Waals surface area contributed by atoms with Crippen LogP contribution in [0.2, 0.25) is 0 Å². The molecule has 0 aliphatic rings. The van der Waals surface area contributed by atoms with Gasteiger partial charge in [-0.15, -0.1) is 11.8 Å². The van der Waals surface area contributed by atoms with Crippen molar-refractivity contribution in [3.8, 4) is 0 Å². The molecule has 2 rings (SSSR count). The summed E-state index contributed by atoms with van der Waals surface area (Å²) in [5.41, 5.74) is 0.967. The molecule has 0 spiro atoms. The number of sulfonamides is 1. The van der Waals surface area contributed by atoms with Crippen LogP contribution in [-0.2, 0) is 14.8 Å². The van der Waals surface area contributed by atoms with E-state index in [0.29, 0.717) is 17.1 Å². The molecule has 0 aromatic heterocycles. The van der Waals surface area contributed by atoms with Crippen molar-refractivity contribution in [2.75, 3.05) is 34.8 Å². The Balaban J connectivity index is 2.15. The molecule has 0 fully saturated rings. The van der Waals surface area contributed by atoms with Crippen LogP contribution in [0, 0.1) is 0 Å². The number of nitrogens with one attached hydrogen (secondary N) is 1. The van der Waals surface area contributed by atoms with E-state index >= 15 is 0 Å². The van der Waals surface area contributed by atoms with Gasteiger partial charge < -0.3 is 10.4 Å². The van der Waals surface area contributed by atoms with Crippen LogP contribution < -0.4 is 9.62 Å². The molecule has 134 valence electrons. The van der Waals surface area contributed by atoms with Gasteiger partial charge in [-0.1, -0.05) is 24.3 Å². The van der Waals surface area contributed by atoms with Crippen molar-refractivity contribution in [3.63, 3.8) is 0 Å². The van der Waals surface area contributed by atoms with Crippen LogP contribution in [0.15, 0.2) is 59.5 Å². The van der Waals surface area contributed by atoms with Crippen LogP contribution in [0.4, 0.5) is 11.4 Å². The number of hydrogen-bond acceptors (Lipinski definition) is 5. The number of benzene rings is 2. The number of carbonyl (C=O) groups excluding carboxylic acids is 1. The molecule has 0 heterocycles. The molecule has 0 atom stereocenters. The third kappa shape index (κ3) is 5.22. The van der Waals surface area contributed by atoms with Gasteiger partial charge in [0.15, 0.2) is 0 Å². The monoisotopic (exact) mass is 380 g/mol. The van der Waals surface area contributed by atoms with Crippen molar-refractivity contribution in [2.45, 2.75) is 4.90 Å². The van der Waals surface area contributed by atoms with Crippen LogP contribution in [0.1, 0.15) is 0 Å². The first-order chi connectivity index (χ1) is 11.9. The molecule has 2 aromatic carbocycles. The summed E-state index contributed by atoms with van der Waals surface area (Å²) >= 11 is 1.30. The molecule has 0 bridgehead atoms. The highest BCUT2D eigenvalue weighted by molar-refractivity contribution is 7.99. The molecular weight excluding hydrogens is 360 g/mol. The lowest BCUT2D eigenvalue weighted by Crippen LogP contribution is -2.26. The zero-order valence-corrected chi connectivity index (χ0v) is 15.4. The smallest absolute Gasteiger partial charge is 0.264 e. The average Bonchev–Trinajstić information content (AvgIpc) is 2.62. The topological polar surface area (TPSA) is 86.7 Å². The predicted octanol–water partition coefficient (Wildman–Crippen LogP) is 2.18. The first kappa shape index (κ1) is 19.3. The number of para-hydroxylation sites is 1. The van der Waals surface area contributed by atoms with Crippen LogP contribution in [0.5, 0.6) is 0 Å². The van der Waals surface area contributed by atoms with Gasteiger partial charge in [0, 0.05) is 18.5 Å². The molecule has 2 aromatic rings. The number of anilines is 2. The SMILES string of the molecule is CN(c1ccccc1)S(=O)(=O)c1cccc(NC(=O)CSCCO)c1. The molecule has 6 nitrogen and oxygen atoms in total. The third-order valence-corrected chi connectivity index (χ3v) is 6.08. The Labute approximate surface area is 151 Å². The number of amides is 1. The van der Waals surface area contributed by atoms with Crippen molar-refractivity contribution in [1.82, 2.24) is 0 Å². The molecule has 0 unspecified atom stereocenters. The first-order valence-electron chi connectivity index (χ1n) is 7.57. The Kier molecular flexibility index (Phi) is 6.86. The lowest BCUT2D eigenvalue weighted by molar-refractivity contribution is -0.113. The van der Waals surface area contributed by atoms with Crippen molar-refractivity contribution >= 4 is 39.1 Å². The Morgan fingerprint density at radius 1 is 1.16 bits per heavy atom. The minimum atomic E-state index is -3.73. The number of hydrogen-bond donors (Lipinski definition) is 2. The number of nitrogens with zero attached hydrogens (tertiary/aromatic N) is 1. The van der Waals surface area contributed by atoms with Gasteiger partial charge in [0.05, 0.1) is 22.9 Å². The van der Waals surface area contributed by atoms with E-state index in [9.17, 15) is 13.2 Å². The zero-order valence-electron chi connectivity index (χ0n) is 13.8. The maximum absolute atomic E-state index is 12.8. The Morgan fingerprint density at radius 3 is 2.56 bits per heavy atom. The van der Waals surface area contributed by atoms with Crippen molar-refractivity contribution in [3.05, 3.63) is 54.6 Å². The lowest BCUT2D eigenvalue weighted by atomic mass is 10.3. The number of rotatable bonds is 8. The summed E-state index contributed by atoms with van der Waals surface area (Å²) in [5, 5.41) is 11.4. The van der Waals surface area contributed by atoms with E-state index < -0.39 is 10.0 Å². The largest absolute Gasteiger partial charge is 0.396 e. The van der Waals surface area contributed by atoms with Crippen LogP contribution >= 0.6 is 11.8 Å². The molecule has 2 N–H and O–H groups in total. The summed E-state index contributed by atoms with van der Waals surface area (Å²) in [7, 11) is -2.24. The van der Waals surface area contributed by atoms with Crippen molar-refractivity contribution in [2.24, 2.45) is 0 Å². The summed E-state index contributed by atoms with van der Waals surface area (Å²) in [5.74, 6) is 0.426. The predicted molar refractivity (Wildman–Crippen MR) is 102 cm³/mol. The van der Waals surface area contributed by atoms with Gasteiger partial charge >= 0.3 is 0 Å². The van der Waals surface area contributed by atoms with E-state index in [1.54, 1.807) is 36.4 Å². The van der Waals surface area contributed by atoms with E-state index in [4.69, 9.17) is 5.11 Å². The molecular formula is C17H20N2O4S2. The standard InChI is InChI=1S/C17H20N2O4S2/c1-19(15-7-3-2-4-8-15)25(22,23)16-9-5-6-14(12-16)18-17(21)13-24-11-10-20/h2-9,12,20H,10-11,13H2,1H3,(H,18,21). The van der Waals surface area contributed by atoms with Gasteiger partial charge in [0.2, 0.25) is 5.91 Å². The summed E-state index contributed by atoms with van der Waals surface area (Å²) < 4.78 is 26.7. The van der Waals surface area contributed by atoms with E-state index in [1.165, 1.54) is 35.2 Å². The fourth-order valence-corrected chi connectivity index (χ4v) is 3.87. The quantitative estimate of drug-likeness (QED) is 0.686. The third-order valence-electron chi connectivity index (χ3n) is 3.36. The molecule has 25 heavy (non-hydrogen) atoms. The van der Waals surface area contributed by atoms with Crippen LogP contribution in [-0.4, -0.2) is 44.6 Å². The molecule has 0 radical (unpaired) electrons. The summed E-state index contributed by atoms with van der Waals surface area (Å²) in [6, 6.07) is 14.9. The van der Waals surface area contributed by atoms with E-state index in [-0.39, 0.29) is 23.2 Å². The summed E-state index contributed by atoms with van der Waals surface area (Å²) in [4.78, 5) is 11.9. The van der Waals surface area contributed by atoms with E-state index in [0.717, 1.165) is 0 Å². The second-order valence-electron chi connectivity index (χ2n) is 5.16. The number of carbonyl (C=O) groups is 1. The van der Waals surface area contributed by atoms with Gasteiger partial charge in [0.1, 0.15) is 0 Å². The fourth-order valence-electron chi connectivity index (χ4n) is 2.10. The molecule has 0 aliphatic carbocycles. The van der Waals surface area contributed by atoms with Crippen LogP contribution in [0.3, 0.4) is 0 Å². The highest BCUT2D eigenvalue weighted by atomic mass is 32.2. The first-order valence-corrected chi connectivity index (χ1v) is 10.2. The average molecular weight is 380 g/mol. The minimum Gasteiger partial charge on any atom is -0.396 e. The molecule has 0 saturated carbocycles. The van der Waals surface area contributed by atoms with E-state index in [1.807, 2.05) is 6.07 Å². The number of thioether (sulfide) groups is 1. The zero-order chi connectivity index (χ0) is 18.3. The fraction of sp³-hybridized carbons (Fsp3) is 0.235. The van der Waals surface area contributed by atoms with Gasteiger partial charge in [-0.3, -0.25) is 9.10 Å². The highest BCUT2D eigenvalue weighted by Gasteiger charge is 2.21. The Morgan fingerprint density at radius 2 is 1.88 bits per heavy atom. The van der Waals surface area contributed by atoms with Gasteiger partial charge in [-0.05, 0) is 30.3 Å². The molecule has 8 heteroatoms. The van der Waals surface area contributed by atoms with Crippen molar-refractivity contribution < 1.29 is 18.3 Å². The summed E-state index contributed by atoms with van der Waals surface area (Å²) in [6.07, 6.45) is 0. The number of aliphatic hydroxyl groups is 1. The maximum atomic E-state index is 12.8. The second kappa shape index (κ2) is 8.89. The second-order valence-corrected chi connectivity index (χ2v) is 8.23. The lowest BCUT2D eigenvalue weighted by Gasteiger charge is -2.19. The molecule has 0 saturated heterocycles. The Bertz CT molecular complexity index is 810. The maximum Gasteiger partial charge on any atom is 0.264 e. The molecule has 0 aliphatic heterocycles. The minimum absolute atomic E-state index is 0.0114. The molecule has 1 amide bonds. The van der Waals surface area contributed by atoms with Crippen molar-refractivity contribution in [1.29, 1.82) is 0 Å². The van der Waals surface area contributed by atoms with E-state index in [2.05, 4.69) is 5.32 Å². The summed E-state index contributed by atoms with van der Waals surface area (Å²) in [6.45, 7) is 0.0114. The normalized spacial score (nSPS) is 11.1. The van der Waals surface area contributed by atoms with Gasteiger partial charge in [-0.25, -0.2) is 8.42 Å². The van der Waals surface area contributed by atoms with Crippen LogP contribution in [0.25, 0.3) is 0 Å². The van der Waals surface area contributed by atoms with Gasteiger partial charge in [0.25, 0.3) is 10.0 Å². The highest BCUT2D eigenvalue weighted by Crippen LogP contribution is 2.23. The van der Waals surface area contributed by atoms with Gasteiger partial charge in [-0.2, -0.15) is 0 Å². The Hall–Kier alpha value is -2.03. The number of aliphatic hydroxyl groups excluding tert-OH is 1.